The monoisotopic (exact) mass is 271 g/mol. The van der Waals surface area contributed by atoms with Gasteiger partial charge in [-0.2, -0.15) is 10.2 Å². The predicted molar refractivity (Wildman–Crippen MR) is 74.8 cm³/mol. The summed E-state index contributed by atoms with van der Waals surface area (Å²) in [7, 11) is 0. The highest BCUT2D eigenvalue weighted by Crippen LogP contribution is 2.39. The second kappa shape index (κ2) is 4.23. The fourth-order valence-electron chi connectivity index (χ4n) is 3.22. The SMILES string of the molecule is Cc1cc(C)c(N2C(=O)C[C@@]3(CCN=N3)C2=O)c(C)c1. The number of amides is 2. The summed E-state index contributed by atoms with van der Waals surface area (Å²) < 4.78 is 0. The molecule has 1 aromatic rings. The van der Waals surface area contributed by atoms with E-state index in [0.717, 1.165) is 16.7 Å². The van der Waals surface area contributed by atoms with Gasteiger partial charge in [-0.25, -0.2) is 4.90 Å². The van der Waals surface area contributed by atoms with E-state index in [2.05, 4.69) is 10.2 Å². The fraction of sp³-hybridized carbons (Fsp3) is 0.467. The first-order chi connectivity index (χ1) is 9.44. The Hall–Kier alpha value is -2.04. The van der Waals surface area contributed by atoms with Gasteiger partial charge in [-0.15, -0.1) is 0 Å². The van der Waals surface area contributed by atoms with Crippen LogP contribution in [0, 0.1) is 20.8 Å². The molecule has 1 atom stereocenters. The lowest BCUT2D eigenvalue weighted by atomic mass is 9.95. The molecule has 1 aromatic carbocycles. The van der Waals surface area contributed by atoms with E-state index in [-0.39, 0.29) is 18.2 Å². The van der Waals surface area contributed by atoms with Crippen LogP contribution in [0.15, 0.2) is 22.4 Å². The lowest BCUT2D eigenvalue weighted by Crippen LogP contribution is -2.38. The lowest BCUT2D eigenvalue weighted by molar-refractivity contribution is -0.122. The van der Waals surface area contributed by atoms with Gasteiger partial charge in [-0.3, -0.25) is 9.59 Å². The second-order valence-corrected chi connectivity index (χ2v) is 5.71. The Bertz CT molecular complexity index is 628. The van der Waals surface area contributed by atoms with E-state index in [9.17, 15) is 9.59 Å². The molecule has 5 nitrogen and oxygen atoms in total. The van der Waals surface area contributed by atoms with Crippen LogP contribution in [-0.4, -0.2) is 23.9 Å². The molecule has 0 N–H and O–H groups in total. The summed E-state index contributed by atoms with van der Waals surface area (Å²) in [5.41, 5.74) is 2.79. The van der Waals surface area contributed by atoms with Gasteiger partial charge in [0.15, 0.2) is 5.54 Å². The van der Waals surface area contributed by atoms with Gasteiger partial charge < -0.3 is 0 Å². The molecule has 2 heterocycles. The number of rotatable bonds is 1. The molecular weight excluding hydrogens is 254 g/mol. The molecule has 3 rings (SSSR count). The van der Waals surface area contributed by atoms with Crippen molar-refractivity contribution in [1.29, 1.82) is 0 Å². The number of azo groups is 1. The zero-order valence-electron chi connectivity index (χ0n) is 11.9. The van der Waals surface area contributed by atoms with Crippen molar-refractivity contribution in [3.05, 3.63) is 28.8 Å². The molecule has 2 aliphatic heterocycles. The molecule has 0 unspecified atom stereocenters. The van der Waals surface area contributed by atoms with Crippen molar-refractivity contribution in [2.24, 2.45) is 10.2 Å². The molecule has 20 heavy (non-hydrogen) atoms. The number of aryl methyl sites for hydroxylation is 3. The van der Waals surface area contributed by atoms with Crippen molar-refractivity contribution in [3.63, 3.8) is 0 Å². The van der Waals surface area contributed by atoms with Gasteiger partial charge in [0.25, 0.3) is 5.91 Å². The number of carbonyl (C=O) groups is 2. The van der Waals surface area contributed by atoms with E-state index < -0.39 is 5.54 Å². The Balaban J connectivity index is 2.10. The number of hydrogen-bond acceptors (Lipinski definition) is 4. The molecule has 104 valence electrons. The van der Waals surface area contributed by atoms with Crippen molar-refractivity contribution in [2.45, 2.75) is 39.2 Å². The summed E-state index contributed by atoms with van der Waals surface area (Å²) in [6.45, 7) is 6.39. The Kier molecular flexibility index (Phi) is 2.74. The molecule has 2 amide bonds. The maximum absolute atomic E-state index is 12.7. The number of carbonyl (C=O) groups excluding carboxylic acids is 2. The smallest absolute Gasteiger partial charge is 0.264 e. The average molecular weight is 271 g/mol. The Morgan fingerprint density at radius 3 is 2.35 bits per heavy atom. The predicted octanol–water partition coefficient (Wildman–Crippen LogP) is 2.47. The zero-order chi connectivity index (χ0) is 14.5. The number of nitrogens with zero attached hydrogens (tertiary/aromatic N) is 3. The van der Waals surface area contributed by atoms with E-state index in [4.69, 9.17) is 0 Å². The van der Waals surface area contributed by atoms with Crippen molar-refractivity contribution >= 4 is 17.5 Å². The van der Waals surface area contributed by atoms with Gasteiger partial charge in [0.2, 0.25) is 5.91 Å². The summed E-state index contributed by atoms with van der Waals surface area (Å²) in [6, 6.07) is 3.98. The lowest BCUT2D eigenvalue weighted by Gasteiger charge is -2.22. The summed E-state index contributed by atoms with van der Waals surface area (Å²) >= 11 is 0. The standard InChI is InChI=1S/C15H17N3O2/c1-9-6-10(2)13(11(3)7-9)18-12(19)8-15(14(18)20)4-5-16-17-15/h6-7H,4-5,8H2,1-3H3/t15-/m0/s1. The minimum atomic E-state index is -0.930. The summed E-state index contributed by atoms with van der Waals surface area (Å²) in [4.78, 5) is 26.3. The third-order valence-corrected chi connectivity index (χ3v) is 4.04. The van der Waals surface area contributed by atoms with E-state index in [1.165, 1.54) is 4.90 Å². The largest absolute Gasteiger partial charge is 0.274 e. The van der Waals surface area contributed by atoms with Crippen molar-refractivity contribution in [3.8, 4) is 0 Å². The Morgan fingerprint density at radius 2 is 1.80 bits per heavy atom. The molecule has 0 bridgehead atoms. The first-order valence-electron chi connectivity index (χ1n) is 6.78. The minimum Gasteiger partial charge on any atom is -0.274 e. The summed E-state index contributed by atoms with van der Waals surface area (Å²) in [5, 5.41) is 7.98. The molecule has 1 spiro atoms. The van der Waals surface area contributed by atoms with Crippen LogP contribution in [0.2, 0.25) is 0 Å². The topological polar surface area (TPSA) is 62.1 Å². The van der Waals surface area contributed by atoms with Gasteiger partial charge in [0, 0.05) is 6.42 Å². The van der Waals surface area contributed by atoms with Crippen molar-refractivity contribution in [2.75, 3.05) is 11.4 Å². The van der Waals surface area contributed by atoms with Crippen molar-refractivity contribution in [1.82, 2.24) is 0 Å². The third kappa shape index (κ3) is 1.69. The van der Waals surface area contributed by atoms with Crippen LogP contribution in [0.3, 0.4) is 0 Å². The van der Waals surface area contributed by atoms with Crippen LogP contribution < -0.4 is 4.90 Å². The first kappa shape index (κ1) is 13.0. The summed E-state index contributed by atoms with van der Waals surface area (Å²) in [6.07, 6.45) is 0.681. The van der Waals surface area contributed by atoms with Gasteiger partial charge in [-0.05, 0) is 31.9 Å². The number of imide groups is 1. The van der Waals surface area contributed by atoms with E-state index in [0.29, 0.717) is 18.7 Å². The third-order valence-electron chi connectivity index (χ3n) is 4.04. The molecule has 0 radical (unpaired) electrons. The van der Waals surface area contributed by atoms with Crippen LogP contribution in [-0.2, 0) is 9.59 Å². The molecule has 0 aliphatic carbocycles. The normalized spacial score (nSPS) is 25.2. The average Bonchev–Trinajstić information content (AvgIpc) is 2.89. The van der Waals surface area contributed by atoms with Gasteiger partial charge >= 0.3 is 0 Å². The maximum atomic E-state index is 12.7. The first-order valence-corrected chi connectivity index (χ1v) is 6.78. The highest BCUT2D eigenvalue weighted by Gasteiger charge is 2.54. The van der Waals surface area contributed by atoms with Crippen LogP contribution in [0.25, 0.3) is 0 Å². The molecule has 2 aliphatic rings. The van der Waals surface area contributed by atoms with E-state index in [1.807, 2.05) is 32.9 Å². The number of hydrogen-bond donors (Lipinski definition) is 0. The minimum absolute atomic E-state index is 0.141. The van der Waals surface area contributed by atoms with Crippen LogP contribution in [0.1, 0.15) is 29.5 Å². The molecule has 1 saturated heterocycles. The maximum Gasteiger partial charge on any atom is 0.264 e. The Labute approximate surface area is 117 Å². The van der Waals surface area contributed by atoms with Crippen molar-refractivity contribution < 1.29 is 9.59 Å². The zero-order valence-corrected chi connectivity index (χ0v) is 11.9. The molecular formula is C15H17N3O2. The van der Waals surface area contributed by atoms with E-state index >= 15 is 0 Å². The highest BCUT2D eigenvalue weighted by atomic mass is 16.2. The van der Waals surface area contributed by atoms with Gasteiger partial charge in [0.1, 0.15) is 0 Å². The van der Waals surface area contributed by atoms with Crippen LogP contribution in [0.4, 0.5) is 5.69 Å². The number of anilines is 1. The molecule has 0 aromatic heterocycles. The molecule has 0 saturated carbocycles. The van der Waals surface area contributed by atoms with Gasteiger partial charge in [0.05, 0.1) is 18.7 Å². The molecule has 1 fully saturated rings. The molecule has 5 heteroatoms. The van der Waals surface area contributed by atoms with Crippen LogP contribution in [0.5, 0.6) is 0 Å². The van der Waals surface area contributed by atoms with Gasteiger partial charge in [-0.1, -0.05) is 17.7 Å². The highest BCUT2D eigenvalue weighted by molar-refractivity contribution is 6.25. The Morgan fingerprint density at radius 1 is 1.15 bits per heavy atom. The quantitative estimate of drug-likeness (QED) is 0.737. The van der Waals surface area contributed by atoms with E-state index in [1.54, 1.807) is 0 Å². The summed E-state index contributed by atoms with van der Waals surface area (Å²) in [5.74, 6) is -0.398. The second-order valence-electron chi connectivity index (χ2n) is 5.71. The number of benzene rings is 1. The fourth-order valence-corrected chi connectivity index (χ4v) is 3.22. The van der Waals surface area contributed by atoms with Crippen LogP contribution >= 0.6 is 0 Å².